The average molecular weight is 413 g/mol. The second-order valence-electron chi connectivity index (χ2n) is 9.34. The van der Waals surface area contributed by atoms with Gasteiger partial charge in [-0.3, -0.25) is 4.79 Å². The van der Waals surface area contributed by atoms with E-state index in [0.29, 0.717) is 6.61 Å². The van der Waals surface area contributed by atoms with Gasteiger partial charge in [0.2, 0.25) is 0 Å². The van der Waals surface area contributed by atoms with Crippen molar-refractivity contribution in [2.45, 2.75) is 59.1 Å². The highest BCUT2D eigenvalue weighted by atomic mass is 28.4. The predicted octanol–water partition coefficient (Wildman–Crippen LogP) is 4.18. The summed E-state index contributed by atoms with van der Waals surface area (Å²) in [5.74, 6) is -0.0939. The molecule has 0 radical (unpaired) electrons. The molecule has 2 aromatic carbocycles. The molecule has 2 aromatic rings. The van der Waals surface area contributed by atoms with Gasteiger partial charge in [-0.2, -0.15) is 0 Å². The van der Waals surface area contributed by atoms with Crippen molar-refractivity contribution in [3.8, 4) is 0 Å². The van der Waals surface area contributed by atoms with Crippen LogP contribution in [0.4, 0.5) is 0 Å². The van der Waals surface area contributed by atoms with Crippen LogP contribution in [0.1, 0.15) is 48.0 Å². The Bertz CT molecular complexity index is 726. The van der Waals surface area contributed by atoms with E-state index in [2.05, 4.69) is 69.3 Å². The molecule has 0 aliphatic rings. The SMILES string of the molecule is CC(C)C(=O)C[C@H](O)[C@@H](C)CO[Si](c1ccccc1)(c1ccccc1)C(C)(C)C. The summed E-state index contributed by atoms with van der Waals surface area (Å²) >= 11 is 0. The van der Waals surface area contributed by atoms with Gasteiger partial charge in [0.15, 0.2) is 0 Å². The Hall–Kier alpha value is -1.75. The fourth-order valence-electron chi connectivity index (χ4n) is 3.77. The smallest absolute Gasteiger partial charge is 0.261 e. The van der Waals surface area contributed by atoms with Crippen LogP contribution in [0.25, 0.3) is 0 Å². The van der Waals surface area contributed by atoms with Crippen molar-refractivity contribution >= 4 is 24.5 Å². The third kappa shape index (κ3) is 5.44. The molecule has 0 spiro atoms. The third-order valence-electron chi connectivity index (χ3n) is 5.69. The summed E-state index contributed by atoms with van der Waals surface area (Å²) in [5, 5.41) is 12.9. The van der Waals surface area contributed by atoms with Crippen LogP contribution in [-0.2, 0) is 9.22 Å². The normalized spacial score (nSPS) is 14.6. The fraction of sp³-hybridized carbons (Fsp3) is 0.480. The van der Waals surface area contributed by atoms with Crippen LogP contribution in [0.2, 0.25) is 5.04 Å². The molecule has 0 unspecified atom stereocenters. The van der Waals surface area contributed by atoms with Crippen LogP contribution < -0.4 is 10.4 Å². The monoisotopic (exact) mass is 412 g/mol. The quantitative estimate of drug-likeness (QED) is 0.629. The zero-order valence-electron chi connectivity index (χ0n) is 18.7. The molecule has 0 heterocycles. The minimum absolute atomic E-state index is 0.0607. The van der Waals surface area contributed by atoms with E-state index in [1.54, 1.807) is 0 Å². The van der Waals surface area contributed by atoms with Gasteiger partial charge in [0.1, 0.15) is 5.78 Å². The van der Waals surface area contributed by atoms with Gasteiger partial charge in [-0.25, -0.2) is 0 Å². The first-order valence-corrected chi connectivity index (χ1v) is 12.5. The number of rotatable bonds is 9. The summed E-state index contributed by atoms with van der Waals surface area (Å²) < 4.78 is 6.86. The summed E-state index contributed by atoms with van der Waals surface area (Å²) in [6.07, 6.45) is -0.508. The van der Waals surface area contributed by atoms with Crippen LogP contribution in [0.3, 0.4) is 0 Å². The molecule has 4 heteroatoms. The number of hydrogen-bond acceptors (Lipinski definition) is 3. The van der Waals surface area contributed by atoms with Crippen molar-refractivity contribution in [3.05, 3.63) is 60.7 Å². The van der Waals surface area contributed by atoms with Gasteiger partial charge in [-0.1, -0.05) is 102 Å². The van der Waals surface area contributed by atoms with E-state index < -0.39 is 14.4 Å². The van der Waals surface area contributed by atoms with Gasteiger partial charge in [-0.15, -0.1) is 0 Å². The lowest BCUT2D eigenvalue weighted by Crippen LogP contribution is -2.67. The van der Waals surface area contributed by atoms with E-state index in [4.69, 9.17) is 4.43 Å². The molecule has 29 heavy (non-hydrogen) atoms. The van der Waals surface area contributed by atoms with Crippen molar-refractivity contribution in [2.24, 2.45) is 11.8 Å². The van der Waals surface area contributed by atoms with Crippen LogP contribution in [0.15, 0.2) is 60.7 Å². The summed E-state index contributed by atoms with van der Waals surface area (Å²) in [6.45, 7) is 12.8. The van der Waals surface area contributed by atoms with Gasteiger partial charge >= 0.3 is 0 Å². The lowest BCUT2D eigenvalue weighted by molar-refractivity contribution is -0.124. The Balaban J connectivity index is 2.38. The standard InChI is InChI=1S/C25H36O3Si/c1-19(2)23(26)17-24(27)20(3)18-28-29(25(4,5)6,21-13-9-7-10-14-21)22-15-11-8-12-16-22/h7-16,19-20,24,27H,17-18H2,1-6H3/t20-,24-/m0/s1. The first kappa shape index (κ1) is 23.5. The zero-order chi connectivity index (χ0) is 21.7. The average Bonchev–Trinajstić information content (AvgIpc) is 2.68. The molecule has 0 aliphatic heterocycles. The number of aliphatic hydroxyl groups is 1. The van der Waals surface area contributed by atoms with E-state index in [9.17, 15) is 9.90 Å². The van der Waals surface area contributed by atoms with Gasteiger partial charge in [0.05, 0.1) is 6.10 Å². The molecule has 2 atom stereocenters. The summed E-state index contributed by atoms with van der Waals surface area (Å²) in [6, 6.07) is 21.0. The highest BCUT2D eigenvalue weighted by Gasteiger charge is 2.50. The van der Waals surface area contributed by atoms with Crippen LogP contribution in [0.5, 0.6) is 0 Å². The summed E-state index contributed by atoms with van der Waals surface area (Å²) in [7, 11) is -2.62. The molecule has 0 aromatic heterocycles. The topological polar surface area (TPSA) is 46.5 Å². The molecular weight excluding hydrogens is 376 g/mol. The molecule has 0 aliphatic carbocycles. The Morgan fingerprint density at radius 1 is 0.931 bits per heavy atom. The lowest BCUT2D eigenvalue weighted by Gasteiger charge is -2.43. The van der Waals surface area contributed by atoms with E-state index in [-0.39, 0.29) is 29.1 Å². The van der Waals surface area contributed by atoms with Gasteiger partial charge in [-0.05, 0) is 15.4 Å². The lowest BCUT2D eigenvalue weighted by atomic mass is 9.96. The number of ketones is 1. The number of Topliss-reactive ketones (excluding diaryl/α,β-unsaturated/α-hetero) is 1. The second kappa shape index (κ2) is 9.83. The molecule has 0 bridgehead atoms. The molecule has 0 amide bonds. The van der Waals surface area contributed by atoms with Crippen molar-refractivity contribution in [2.75, 3.05) is 6.61 Å². The van der Waals surface area contributed by atoms with Crippen molar-refractivity contribution in [1.29, 1.82) is 0 Å². The molecule has 158 valence electrons. The van der Waals surface area contributed by atoms with Crippen LogP contribution in [0, 0.1) is 11.8 Å². The molecule has 0 fully saturated rings. The Kier molecular flexibility index (Phi) is 7.98. The minimum Gasteiger partial charge on any atom is -0.407 e. The number of hydrogen-bond donors (Lipinski definition) is 1. The molecule has 0 saturated heterocycles. The molecule has 3 nitrogen and oxygen atoms in total. The summed E-state index contributed by atoms with van der Waals surface area (Å²) in [5.41, 5.74) is 0. The molecule has 2 rings (SSSR count). The van der Waals surface area contributed by atoms with E-state index in [1.807, 2.05) is 32.9 Å². The maximum atomic E-state index is 12.1. The Morgan fingerprint density at radius 2 is 1.38 bits per heavy atom. The van der Waals surface area contributed by atoms with Crippen LogP contribution in [-0.4, -0.2) is 31.9 Å². The number of aliphatic hydroxyl groups excluding tert-OH is 1. The molecular formula is C25H36O3Si. The maximum absolute atomic E-state index is 12.1. The highest BCUT2D eigenvalue weighted by molar-refractivity contribution is 6.99. The number of carbonyl (C=O) groups is 1. The third-order valence-corrected chi connectivity index (χ3v) is 10.7. The number of carbonyl (C=O) groups excluding carboxylic acids is 1. The molecule has 0 saturated carbocycles. The minimum atomic E-state index is -2.62. The second-order valence-corrected chi connectivity index (χ2v) is 13.6. The Morgan fingerprint density at radius 3 is 1.76 bits per heavy atom. The van der Waals surface area contributed by atoms with Crippen molar-refractivity contribution in [1.82, 2.24) is 0 Å². The predicted molar refractivity (Wildman–Crippen MR) is 123 cm³/mol. The Labute approximate surface area is 177 Å². The maximum Gasteiger partial charge on any atom is 0.261 e. The van der Waals surface area contributed by atoms with E-state index >= 15 is 0 Å². The van der Waals surface area contributed by atoms with E-state index in [1.165, 1.54) is 10.4 Å². The van der Waals surface area contributed by atoms with Gasteiger partial charge < -0.3 is 9.53 Å². The first-order valence-electron chi connectivity index (χ1n) is 10.6. The van der Waals surface area contributed by atoms with E-state index in [0.717, 1.165) is 0 Å². The van der Waals surface area contributed by atoms with Crippen molar-refractivity contribution < 1.29 is 14.3 Å². The zero-order valence-corrected chi connectivity index (χ0v) is 19.7. The molecule has 1 N–H and O–H groups in total. The van der Waals surface area contributed by atoms with Gasteiger partial charge in [0.25, 0.3) is 8.32 Å². The first-order chi connectivity index (χ1) is 13.6. The largest absolute Gasteiger partial charge is 0.407 e. The number of benzene rings is 2. The van der Waals surface area contributed by atoms with Crippen molar-refractivity contribution in [3.63, 3.8) is 0 Å². The summed E-state index contributed by atoms with van der Waals surface area (Å²) in [4.78, 5) is 12.1. The highest BCUT2D eigenvalue weighted by Crippen LogP contribution is 2.37. The van der Waals surface area contributed by atoms with Crippen LogP contribution >= 0.6 is 0 Å². The fourth-order valence-corrected chi connectivity index (χ4v) is 8.44. The van der Waals surface area contributed by atoms with Gasteiger partial charge in [0, 0.05) is 24.9 Å².